The highest BCUT2D eigenvalue weighted by Gasteiger charge is 2.20. The Bertz CT molecular complexity index is 838. The summed E-state index contributed by atoms with van der Waals surface area (Å²) in [6.07, 6.45) is 4.92. The van der Waals surface area contributed by atoms with Gasteiger partial charge in [-0.25, -0.2) is 9.97 Å². The lowest BCUT2D eigenvalue weighted by atomic mass is 10.2. The monoisotopic (exact) mass is 354 g/mol. The van der Waals surface area contributed by atoms with E-state index in [1.165, 1.54) is 0 Å². The zero-order valence-corrected chi connectivity index (χ0v) is 14.6. The average molecular weight is 354 g/mol. The smallest absolute Gasteiger partial charge is 0.257 e. The third-order valence-electron chi connectivity index (χ3n) is 3.71. The molecule has 0 aromatic carbocycles. The number of thiophene rings is 1. The van der Waals surface area contributed by atoms with Crippen molar-refractivity contribution < 1.29 is 9.90 Å². The van der Waals surface area contributed by atoms with E-state index >= 15 is 0 Å². The van der Waals surface area contributed by atoms with E-state index in [-0.39, 0.29) is 19.1 Å². The molecule has 0 fully saturated rings. The molecule has 3 aromatic rings. The van der Waals surface area contributed by atoms with Crippen LogP contribution in [0.2, 0.25) is 0 Å². The molecule has 7 heteroatoms. The molecule has 0 bridgehead atoms. The van der Waals surface area contributed by atoms with Crippen molar-refractivity contribution in [2.75, 3.05) is 13.2 Å². The normalized spacial score (nSPS) is 10.6. The van der Waals surface area contributed by atoms with Crippen LogP contribution in [0, 0.1) is 6.92 Å². The molecule has 0 atom stereocenters. The quantitative estimate of drug-likeness (QED) is 0.736. The SMILES string of the molecule is Cc1nc(-c2cccnc2)ncc1C(=O)N(CCO)Cc1cccs1. The van der Waals surface area contributed by atoms with E-state index < -0.39 is 0 Å². The molecule has 1 N–H and O–H groups in total. The van der Waals surface area contributed by atoms with Crippen LogP contribution in [0.1, 0.15) is 20.9 Å². The molecule has 25 heavy (non-hydrogen) atoms. The van der Waals surface area contributed by atoms with Gasteiger partial charge in [0.1, 0.15) is 0 Å². The molecule has 0 aliphatic carbocycles. The first-order chi connectivity index (χ1) is 12.2. The maximum Gasteiger partial charge on any atom is 0.257 e. The van der Waals surface area contributed by atoms with E-state index in [2.05, 4.69) is 15.0 Å². The van der Waals surface area contributed by atoms with E-state index in [0.29, 0.717) is 23.6 Å². The van der Waals surface area contributed by atoms with Gasteiger partial charge in [0.05, 0.1) is 24.4 Å². The summed E-state index contributed by atoms with van der Waals surface area (Å²) >= 11 is 1.58. The number of aryl methyl sites for hydroxylation is 1. The predicted octanol–water partition coefficient (Wildman–Crippen LogP) is 2.54. The van der Waals surface area contributed by atoms with Gasteiger partial charge in [0.15, 0.2) is 5.82 Å². The lowest BCUT2D eigenvalue weighted by Crippen LogP contribution is -2.33. The predicted molar refractivity (Wildman–Crippen MR) is 96.1 cm³/mol. The second kappa shape index (κ2) is 7.96. The lowest BCUT2D eigenvalue weighted by Gasteiger charge is -2.21. The Morgan fingerprint density at radius 2 is 2.16 bits per heavy atom. The topological polar surface area (TPSA) is 79.2 Å². The van der Waals surface area contributed by atoms with Crippen LogP contribution in [0.4, 0.5) is 0 Å². The van der Waals surface area contributed by atoms with Crippen molar-refractivity contribution in [3.8, 4) is 11.4 Å². The van der Waals surface area contributed by atoms with Crippen molar-refractivity contribution in [3.05, 3.63) is 64.4 Å². The van der Waals surface area contributed by atoms with Crippen molar-refractivity contribution in [2.24, 2.45) is 0 Å². The van der Waals surface area contributed by atoms with Crippen LogP contribution < -0.4 is 0 Å². The Balaban J connectivity index is 1.85. The first-order valence-corrected chi connectivity index (χ1v) is 8.73. The minimum Gasteiger partial charge on any atom is -0.395 e. The van der Waals surface area contributed by atoms with Crippen LogP contribution in [-0.2, 0) is 6.54 Å². The zero-order chi connectivity index (χ0) is 17.6. The number of pyridine rings is 1. The third-order valence-corrected chi connectivity index (χ3v) is 4.57. The van der Waals surface area contributed by atoms with Gasteiger partial charge in [-0.05, 0) is 30.5 Å². The van der Waals surface area contributed by atoms with Crippen molar-refractivity contribution >= 4 is 17.2 Å². The second-order valence-corrected chi connectivity index (χ2v) is 6.50. The molecule has 128 valence electrons. The summed E-state index contributed by atoms with van der Waals surface area (Å²) in [5.74, 6) is 0.354. The fourth-order valence-electron chi connectivity index (χ4n) is 2.45. The van der Waals surface area contributed by atoms with Crippen LogP contribution in [-0.4, -0.2) is 44.0 Å². The van der Waals surface area contributed by atoms with E-state index in [1.807, 2.05) is 29.6 Å². The number of aliphatic hydroxyl groups excluding tert-OH is 1. The molecule has 0 saturated heterocycles. The largest absolute Gasteiger partial charge is 0.395 e. The third kappa shape index (κ3) is 4.07. The first-order valence-electron chi connectivity index (χ1n) is 7.85. The van der Waals surface area contributed by atoms with Gasteiger partial charge in [0.25, 0.3) is 5.91 Å². The van der Waals surface area contributed by atoms with Gasteiger partial charge in [0.2, 0.25) is 0 Å². The number of rotatable bonds is 6. The van der Waals surface area contributed by atoms with Gasteiger partial charge >= 0.3 is 0 Å². The minimum atomic E-state index is -0.183. The number of amides is 1. The summed E-state index contributed by atoms with van der Waals surface area (Å²) < 4.78 is 0. The van der Waals surface area contributed by atoms with E-state index in [4.69, 9.17) is 0 Å². The van der Waals surface area contributed by atoms with Crippen LogP contribution in [0.5, 0.6) is 0 Å². The molecule has 3 aromatic heterocycles. The van der Waals surface area contributed by atoms with Gasteiger partial charge in [-0.2, -0.15) is 0 Å². The van der Waals surface area contributed by atoms with Crippen LogP contribution in [0.15, 0.2) is 48.2 Å². The summed E-state index contributed by atoms with van der Waals surface area (Å²) in [6, 6.07) is 7.60. The van der Waals surface area contributed by atoms with Crippen molar-refractivity contribution in [1.82, 2.24) is 19.9 Å². The minimum absolute atomic E-state index is 0.0925. The number of aliphatic hydroxyl groups is 1. The lowest BCUT2D eigenvalue weighted by molar-refractivity contribution is 0.0708. The molecule has 6 nitrogen and oxygen atoms in total. The summed E-state index contributed by atoms with van der Waals surface area (Å²) in [5, 5.41) is 11.3. The Labute approximate surface area is 149 Å². The number of hydrogen-bond donors (Lipinski definition) is 1. The number of carbonyl (C=O) groups excluding carboxylic acids is 1. The molecule has 3 heterocycles. The van der Waals surface area contributed by atoms with Crippen molar-refractivity contribution in [1.29, 1.82) is 0 Å². The van der Waals surface area contributed by atoms with Gasteiger partial charge in [-0.1, -0.05) is 6.07 Å². The summed E-state index contributed by atoms with van der Waals surface area (Å²) in [7, 11) is 0. The Hall–Kier alpha value is -2.64. The Morgan fingerprint density at radius 3 is 2.80 bits per heavy atom. The summed E-state index contributed by atoms with van der Waals surface area (Å²) in [6.45, 7) is 2.42. The molecule has 0 radical (unpaired) electrons. The van der Waals surface area contributed by atoms with Crippen LogP contribution in [0.25, 0.3) is 11.4 Å². The standard InChI is InChI=1S/C18H18N4O2S/c1-13-16(11-20-17(21-13)14-4-2-6-19-10-14)18(24)22(7-8-23)12-15-5-3-9-25-15/h2-6,9-11,23H,7-8,12H2,1H3. The second-order valence-electron chi connectivity index (χ2n) is 5.46. The maximum atomic E-state index is 12.9. The van der Waals surface area contributed by atoms with E-state index in [1.54, 1.807) is 41.8 Å². The average Bonchev–Trinajstić information content (AvgIpc) is 3.14. The summed E-state index contributed by atoms with van der Waals surface area (Å²) in [5.41, 5.74) is 1.85. The van der Waals surface area contributed by atoms with Gasteiger partial charge < -0.3 is 10.0 Å². The molecule has 0 aliphatic rings. The van der Waals surface area contributed by atoms with Crippen LogP contribution >= 0.6 is 11.3 Å². The van der Waals surface area contributed by atoms with Crippen LogP contribution in [0.3, 0.4) is 0 Å². The number of nitrogens with zero attached hydrogens (tertiary/aromatic N) is 4. The Morgan fingerprint density at radius 1 is 1.28 bits per heavy atom. The highest BCUT2D eigenvalue weighted by atomic mass is 32.1. The van der Waals surface area contributed by atoms with E-state index in [9.17, 15) is 9.90 Å². The highest BCUT2D eigenvalue weighted by molar-refractivity contribution is 7.09. The van der Waals surface area contributed by atoms with Gasteiger partial charge in [-0.15, -0.1) is 11.3 Å². The maximum absolute atomic E-state index is 12.9. The Kier molecular flexibility index (Phi) is 5.47. The van der Waals surface area contributed by atoms with Gasteiger partial charge in [0, 0.05) is 35.6 Å². The van der Waals surface area contributed by atoms with E-state index in [0.717, 1.165) is 10.4 Å². The number of hydrogen-bond acceptors (Lipinski definition) is 6. The first kappa shape index (κ1) is 17.2. The fourth-order valence-corrected chi connectivity index (χ4v) is 3.16. The molecule has 3 rings (SSSR count). The van der Waals surface area contributed by atoms with Crippen molar-refractivity contribution in [3.63, 3.8) is 0 Å². The zero-order valence-electron chi connectivity index (χ0n) is 13.8. The van der Waals surface area contributed by atoms with Gasteiger partial charge in [-0.3, -0.25) is 9.78 Å². The molecule has 0 saturated carbocycles. The summed E-state index contributed by atoms with van der Waals surface area (Å²) in [4.78, 5) is 28.3. The molecular formula is C18H18N4O2S. The molecule has 1 amide bonds. The molecule has 0 unspecified atom stereocenters. The molecule has 0 spiro atoms. The number of carbonyl (C=O) groups is 1. The highest BCUT2D eigenvalue weighted by Crippen LogP contribution is 2.18. The fraction of sp³-hybridized carbons (Fsp3) is 0.222. The number of aromatic nitrogens is 3. The molecule has 0 aliphatic heterocycles. The molecular weight excluding hydrogens is 336 g/mol. The van der Waals surface area contributed by atoms with Crippen molar-refractivity contribution in [2.45, 2.75) is 13.5 Å².